The summed E-state index contributed by atoms with van der Waals surface area (Å²) in [6.45, 7) is 0.197. The molecule has 0 saturated carbocycles. The van der Waals surface area contributed by atoms with Crippen LogP contribution in [0.3, 0.4) is 0 Å². The maximum Gasteiger partial charge on any atom is 0.286 e. The standard InChI is InChI=1S/C20H19FN4O3S/c1-28-16-9-2-13(3-10-16)4-11-17(26)22-12-18-24-25-20(29-18)19(27)23-15-7-5-14(21)6-8-15/h2-3,5-10H,4,11-12H2,1H3,(H,22,26)(H,23,27). The molecular weight excluding hydrogens is 395 g/mol. The molecule has 0 spiro atoms. The average molecular weight is 414 g/mol. The Morgan fingerprint density at radius 2 is 1.79 bits per heavy atom. The Morgan fingerprint density at radius 3 is 2.48 bits per heavy atom. The fraction of sp³-hybridized carbons (Fsp3) is 0.200. The van der Waals surface area contributed by atoms with E-state index in [2.05, 4.69) is 20.8 Å². The van der Waals surface area contributed by atoms with Gasteiger partial charge in [-0.05, 0) is 48.4 Å². The number of benzene rings is 2. The summed E-state index contributed by atoms with van der Waals surface area (Å²) in [5.41, 5.74) is 1.50. The van der Waals surface area contributed by atoms with Gasteiger partial charge in [-0.15, -0.1) is 10.2 Å². The van der Waals surface area contributed by atoms with Crippen LogP contribution in [0.4, 0.5) is 10.1 Å². The van der Waals surface area contributed by atoms with Crippen LogP contribution in [0.25, 0.3) is 0 Å². The molecule has 0 unspecified atom stereocenters. The Balaban J connectivity index is 1.44. The van der Waals surface area contributed by atoms with E-state index in [1.807, 2.05) is 24.3 Å². The zero-order chi connectivity index (χ0) is 20.6. The first kappa shape index (κ1) is 20.4. The average Bonchev–Trinajstić information content (AvgIpc) is 3.22. The molecule has 2 amide bonds. The van der Waals surface area contributed by atoms with Gasteiger partial charge in [-0.1, -0.05) is 23.5 Å². The van der Waals surface area contributed by atoms with Gasteiger partial charge in [0.1, 0.15) is 16.6 Å². The molecule has 7 nitrogen and oxygen atoms in total. The van der Waals surface area contributed by atoms with Gasteiger partial charge in [0.2, 0.25) is 10.9 Å². The van der Waals surface area contributed by atoms with E-state index in [1.54, 1.807) is 7.11 Å². The SMILES string of the molecule is COc1ccc(CCC(=O)NCc2nnc(C(=O)Nc3ccc(F)cc3)s2)cc1. The van der Waals surface area contributed by atoms with E-state index in [4.69, 9.17) is 4.74 Å². The minimum Gasteiger partial charge on any atom is -0.497 e. The van der Waals surface area contributed by atoms with Crippen LogP contribution in [0.1, 0.15) is 26.8 Å². The van der Waals surface area contributed by atoms with E-state index < -0.39 is 5.91 Å². The van der Waals surface area contributed by atoms with E-state index in [9.17, 15) is 14.0 Å². The van der Waals surface area contributed by atoms with Crippen LogP contribution in [0.5, 0.6) is 5.75 Å². The number of rotatable bonds is 8. The van der Waals surface area contributed by atoms with E-state index in [0.29, 0.717) is 23.5 Å². The van der Waals surface area contributed by atoms with E-state index in [1.165, 1.54) is 24.3 Å². The maximum absolute atomic E-state index is 12.9. The first-order valence-electron chi connectivity index (χ1n) is 8.82. The molecule has 29 heavy (non-hydrogen) atoms. The van der Waals surface area contributed by atoms with Crippen LogP contribution >= 0.6 is 11.3 Å². The third-order valence-electron chi connectivity index (χ3n) is 4.00. The summed E-state index contributed by atoms with van der Waals surface area (Å²) in [6.07, 6.45) is 0.945. The third kappa shape index (κ3) is 6.08. The number of nitrogens with zero attached hydrogens (tertiary/aromatic N) is 2. The molecule has 1 heterocycles. The lowest BCUT2D eigenvalue weighted by Gasteiger charge is -2.04. The normalized spacial score (nSPS) is 10.4. The molecule has 3 aromatic rings. The number of carbonyl (C=O) groups is 2. The second-order valence-corrected chi connectivity index (χ2v) is 7.15. The van der Waals surface area contributed by atoms with Crippen molar-refractivity contribution in [2.24, 2.45) is 0 Å². The molecule has 0 atom stereocenters. The molecule has 2 aromatic carbocycles. The number of hydrogen-bond acceptors (Lipinski definition) is 6. The highest BCUT2D eigenvalue weighted by Crippen LogP contribution is 2.15. The largest absolute Gasteiger partial charge is 0.497 e. The van der Waals surface area contributed by atoms with Crippen molar-refractivity contribution in [1.82, 2.24) is 15.5 Å². The molecule has 2 N–H and O–H groups in total. The van der Waals surface area contributed by atoms with Crippen LogP contribution in [0.2, 0.25) is 0 Å². The number of nitrogens with one attached hydrogen (secondary N) is 2. The molecule has 9 heteroatoms. The monoisotopic (exact) mass is 414 g/mol. The highest BCUT2D eigenvalue weighted by Gasteiger charge is 2.14. The summed E-state index contributed by atoms with van der Waals surface area (Å²) in [6, 6.07) is 13.0. The number of aryl methyl sites for hydroxylation is 1. The van der Waals surface area contributed by atoms with Crippen molar-refractivity contribution in [2.45, 2.75) is 19.4 Å². The zero-order valence-corrected chi connectivity index (χ0v) is 16.5. The molecular formula is C20H19FN4O3S. The van der Waals surface area contributed by atoms with Gasteiger partial charge in [0, 0.05) is 12.1 Å². The summed E-state index contributed by atoms with van der Waals surface area (Å²) in [7, 11) is 1.60. The number of carbonyl (C=O) groups excluding carboxylic acids is 2. The van der Waals surface area contributed by atoms with Gasteiger partial charge in [-0.25, -0.2) is 4.39 Å². The Labute approximate surface area is 170 Å². The molecule has 0 aliphatic rings. The van der Waals surface area contributed by atoms with E-state index in [-0.39, 0.29) is 23.3 Å². The van der Waals surface area contributed by atoms with Gasteiger partial charge in [-0.3, -0.25) is 9.59 Å². The summed E-state index contributed by atoms with van der Waals surface area (Å²) in [4.78, 5) is 24.2. The number of amides is 2. The minimum absolute atomic E-state index is 0.117. The minimum atomic E-state index is -0.439. The van der Waals surface area contributed by atoms with Crippen LogP contribution in [0, 0.1) is 5.82 Å². The lowest BCUT2D eigenvalue weighted by molar-refractivity contribution is -0.121. The maximum atomic E-state index is 12.9. The fourth-order valence-electron chi connectivity index (χ4n) is 2.45. The first-order chi connectivity index (χ1) is 14.0. The second-order valence-electron chi connectivity index (χ2n) is 6.09. The molecule has 0 aliphatic heterocycles. The van der Waals surface area contributed by atoms with Gasteiger partial charge < -0.3 is 15.4 Å². The fourth-order valence-corrected chi connectivity index (χ4v) is 3.12. The highest BCUT2D eigenvalue weighted by atomic mass is 32.1. The summed E-state index contributed by atoms with van der Waals surface area (Å²) < 4.78 is 18.0. The van der Waals surface area contributed by atoms with Crippen molar-refractivity contribution in [3.05, 3.63) is 69.9 Å². The lowest BCUT2D eigenvalue weighted by atomic mass is 10.1. The predicted octanol–water partition coefficient (Wildman–Crippen LogP) is 3.19. The first-order valence-corrected chi connectivity index (χ1v) is 9.64. The number of anilines is 1. The van der Waals surface area contributed by atoms with E-state index >= 15 is 0 Å². The van der Waals surface area contributed by atoms with Crippen molar-refractivity contribution in [2.75, 3.05) is 12.4 Å². The number of methoxy groups -OCH3 is 1. The van der Waals surface area contributed by atoms with Crippen LogP contribution in [-0.2, 0) is 17.8 Å². The molecule has 0 fully saturated rings. The van der Waals surface area contributed by atoms with Crippen LogP contribution in [-0.4, -0.2) is 29.1 Å². The van der Waals surface area contributed by atoms with Gasteiger partial charge in [0.25, 0.3) is 5.91 Å². The molecule has 0 radical (unpaired) electrons. The third-order valence-corrected chi connectivity index (χ3v) is 4.92. The van der Waals surface area contributed by atoms with Crippen molar-refractivity contribution in [3.63, 3.8) is 0 Å². The molecule has 1 aromatic heterocycles. The van der Waals surface area contributed by atoms with Gasteiger partial charge >= 0.3 is 0 Å². The topological polar surface area (TPSA) is 93.2 Å². The number of ether oxygens (including phenoxy) is 1. The predicted molar refractivity (Wildman–Crippen MR) is 107 cm³/mol. The number of aromatic nitrogens is 2. The van der Waals surface area contributed by atoms with Gasteiger partial charge in [0.05, 0.1) is 13.7 Å². The van der Waals surface area contributed by atoms with Gasteiger partial charge in [0.15, 0.2) is 0 Å². The molecule has 0 aliphatic carbocycles. The van der Waals surface area contributed by atoms with Crippen molar-refractivity contribution >= 4 is 28.8 Å². The van der Waals surface area contributed by atoms with Crippen molar-refractivity contribution in [3.8, 4) is 5.75 Å². The Hall–Kier alpha value is -3.33. The van der Waals surface area contributed by atoms with Crippen LogP contribution < -0.4 is 15.4 Å². The van der Waals surface area contributed by atoms with Crippen molar-refractivity contribution < 1.29 is 18.7 Å². The molecule has 0 bridgehead atoms. The Kier molecular flexibility index (Phi) is 6.85. The Morgan fingerprint density at radius 1 is 1.07 bits per heavy atom. The molecule has 150 valence electrons. The van der Waals surface area contributed by atoms with Crippen molar-refractivity contribution in [1.29, 1.82) is 0 Å². The Bertz CT molecular complexity index is 974. The summed E-state index contributed by atoms with van der Waals surface area (Å²) >= 11 is 1.09. The second kappa shape index (κ2) is 9.74. The van der Waals surface area contributed by atoms with E-state index in [0.717, 1.165) is 22.6 Å². The quantitative estimate of drug-likeness (QED) is 0.591. The van der Waals surface area contributed by atoms with Crippen LogP contribution in [0.15, 0.2) is 48.5 Å². The lowest BCUT2D eigenvalue weighted by Crippen LogP contribution is -2.22. The summed E-state index contributed by atoms with van der Waals surface area (Å²) in [5.74, 6) is -0.169. The summed E-state index contributed by atoms with van der Waals surface area (Å²) in [5, 5.41) is 13.8. The number of halogens is 1. The van der Waals surface area contributed by atoms with Gasteiger partial charge in [-0.2, -0.15) is 0 Å². The smallest absolute Gasteiger partial charge is 0.286 e. The molecule has 3 rings (SSSR count). The zero-order valence-electron chi connectivity index (χ0n) is 15.6. The highest BCUT2D eigenvalue weighted by molar-refractivity contribution is 7.13. The molecule has 0 saturated heterocycles. The number of hydrogen-bond donors (Lipinski definition) is 2.